The molecule has 0 radical (unpaired) electrons. The van der Waals surface area contributed by atoms with Crippen molar-refractivity contribution >= 4 is 5.91 Å². The Balaban J connectivity index is 1.42. The van der Waals surface area contributed by atoms with Gasteiger partial charge in [-0.1, -0.05) is 0 Å². The fourth-order valence-corrected chi connectivity index (χ4v) is 2.56. The molecule has 0 bridgehead atoms. The Morgan fingerprint density at radius 2 is 2.29 bits per heavy atom. The van der Waals surface area contributed by atoms with Crippen LogP contribution >= 0.6 is 0 Å². The van der Waals surface area contributed by atoms with E-state index >= 15 is 0 Å². The van der Waals surface area contributed by atoms with Gasteiger partial charge in [0, 0.05) is 19.6 Å². The van der Waals surface area contributed by atoms with E-state index in [9.17, 15) is 4.79 Å². The molecule has 0 saturated carbocycles. The molecular weight excluding hydrogens is 268 g/mol. The molecule has 1 aliphatic rings. The van der Waals surface area contributed by atoms with Crippen molar-refractivity contribution in [3.63, 3.8) is 0 Å². The molecule has 5 heteroatoms. The fraction of sp³-hybridized carbons (Fsp3) is 0.688. The van der Waals surface area contributed by atoms with Gasteiger partial charge in [0.05, 0.1) is 6.26 Å². The van der Waals surface area contributed by atoms with E-state index in [4.69, 9.17) is 9.15 Å². The van der Waals surface area contributed by atoms with E-state index in [1.807, 2.05) is 12.1 Å². The highest BCUT2D eigenvalue weighted by Gasteiger charge is 2.14. The van der Waals surface area contributed by atoms with Crippen molar-refractivity contribution in [1.82, 2.24) is 10.6 Å². The van der Waals surface area contributed by atoms with E-state index in [1.54, 1.807) is 6.26 Å². The van der Waals surface area contributed by atoms with E-state index in [0.717, 1.165) is 31.7 Å². The Morgan fingerprint density at radius 3 is 3.05 bits per heavy atom. The molecular formula is C16H26N2O3. The highest BCUT2D eigenvalue weighted by Crippen LogP contribution is 2.17. The highest BCUT2D eigenvalue weighted by molar-refractivity contribution is 5.75. The van der Waals surface area contributed by atoms with Crippen molar-refractivity contribution in [1.29, 1.82) is 0 Å². The maximum atomic E-state index is 11.7. The molecule has 2 rings (SSSR count). The Hall–Kier alpha value is -1.33. The van der Waals surface area contributed by atoms with Crippen molar-refractivity contribution in [2.75, 3.05) is 26.2 Å². The molecule has 118 valence electrons. The van der Waals surface area contributed by atoms with Crippen LogP contribution in [0, 0.1) is 5.92 Å². The normalized spacial score (nSPS) is 16.0. The summed E-state index contributed by atoms with van der Waals surface area (Å²) in [5.74, 6) is 1.72. The number of nitrogens with one attached hydrogen (secondary N) is 2. The summed E-state index contributed by atoms with van der Waals surface area (Å²) in [4.78, 5) is 11.7. The van der Waals surface area contributed by atoms with Crippen LogP contribution in [0.15, 0.2) is 22.8 Å². The minimum atomic E-state index is 0.166. The Bertz CT molecular complexity index is 386. The number of furan rings is 1. The Kier molecular flexibility index (Phi) is 7.32. The lowest BCUT2D eigenvalue weighted by molar-refractivity contribution is -0.121. The number of piperidine rings is 1. The lowest BCUT2D eigenvalue weighted by Crippen LogP contribution is -2.29. The molecule has 0 spiro atoms. The summed E-state index contributed by atoms with van der Waals surface area (Å²) < 4.78 is 10.6. The van der Waals surface area contributed by atoms with Gasteiger partial charge in [-0.3, -0.25) is 4.79 Å². The van der Waals surface area contributed by atoms with Crippen molar-refractivity contribution in [3.8, 4) is 0 Å². The standard InChI is InChI=1S/C16H26N2O3/c19-16(5-4-14-6-9-17-10-7-14)18-8-2-11-20-13-15-3-1-12-21-15/h1,3,12,14,17H,2,4-11,13H2,(H,18,19). The molecule has 2 heterocycles. The number of hydrogen-bond donors (Lipinski definition) is 2. The second kappa shape index (κ2) is 9.58. The fourth-order valence-electron chi connectivity index (χ4n) is 2.56. The largest absolute Gasteiger partial charge is 0.467 e. The zero-order valence-electron chi connectivity index (χ0n) is 12.6. The molecule has 2 N–H and O–H groups in total. The second-order valence-electron chi connectivity index (χ2n) is 5.57. The number of rotatable bonds is 9. The third-order valence-corrected chi connectivity index (χ3v) is 3.85. The molecule has 5 nitrogen and oxygen atoms in total. The SMILES string of the molecule is O=C(CCC1CCNCC1)NCCCOCc1ccco1. The van der Waals surface area contributed by atoms with Crippen molar-refractivity contribution in [2.24, 2.45) is 5.92 Å². The predicted molar refractivity (Wildman–Crippen MR) is 80.8 cm³/mol. The van der Waals surface area contributed by atoms with Crippen LogP contribution in [0.2, 0.25) is 0 Å². The first-order valence-corrected chi connectivity index (χ1v) is 7.92. The zero-order valence-corrected chi connectivity index (χ0v) is 12.6. The number of ether oxygens (including phenoxy) is 1. The molecule has 0 atom stereocenters. The van der Waals surface area contributed by atoms with Crippen molar-refractivity contribution < 1.29 is 13.9 Å². The van der Waals surface area contributed by atoms with Gasteiger partial charge in [-0.15, -0.1) is 0 Å². The zero-order chi connectivity index (χ0) is 14.8. The van der Waals surface area contributed by atoms with E-state index in [1.165, 1.54) is 12.8 Å². The highest BCUT2D eigenvalue weighted by atomic mass is 16.5. The van der Waals surface area contributed by atoms with Crippen LogP contribution in [0.5, 0.6) is 0 Å². The van der Waals surface area contributed by atoms with Gasteiger partial charge in [-0.25, -0.2) is 0 Å². The minimum absolute atomic E-state index is 0.166. The smallest absolute Gasteiger partial charge is 0.220 e. The molecule has 1 amide bonds. The first-order valence-electron chi connectivity index (χ1n) is 7.92. The predicted octanol–water partition coefficient (Wildman–Crippen LogP) is 2.08. The third-order valence-electron chi connectivity index (χ3n) is 3.85. The summed E-state index contributed by atoms with van der Waals surface area (Å²) in [5.41, 5.74) is 0. The van der Waals surface area contributed by atoms with E-state index in [0.29, 0.717) is 32.1 Å². The quantitative estimate of drug-likeness (QED) is 0.685. The lowest BCUT2D eigenvalue weighted by atomic mass is 9.93. The van der Waals surface area contributed by atoms with Crippen LogP contribution < -0.4 is 10.6 Å². The first kappa shape index (κ1) is 16.0. The maximum absolute atomic E-state index is 11.7. The van der Waals surface area contributed by atoms with Crippen LogP contribution in [0.1, 0.15) is 37.9 Å². The number of amides is 1. The second-order valence-corrected chi connectivity index (χ2v) is 5.57. The first-order chi connectivity index (χ1) is 10.3. The summed E-state index contributed by atoms with van der Waals surface area (Å²) in [6.07, 6.45) is 6.54. The topological polar surface area (TPSA) is 63.5 Å². The van der Waals surface area contributed by atoms with Crippen LogP contribution in [0.25, 0.3) is 0 Å². The molecule has 1 saturated heterocycles. The molecule has 1 aromatic heterocycles. The molecule has 0 aromatic carbocycles. The van der Waals surface area contributed by atoms with E-state index in [2.05, 4.69) is 10.6 Å². The van der Waals surface area contributed by atoms with Crippen molar-refractivity contribution in [2.45, 2.75) is 38.7 Å². The molecule has 1 aromatic rings. The maximum Gasteiger partial charge on any atom is 0.220 e. The number of carbonyl (C=O) groups excluding carboxylic acids is 1. The van der Waals surface area contributed by atoms with Gasteiger partial charge in [0.2, 0.25) is 5.91 Å². The van der Waals surface area contributed by atoms with Crippen LogP contribution in [0.4, 0.5) is 0 Å². The summed E-state index contributed by atoms with van der Waals surface area (Å²) in [7, 11) is 0. The Labute approximate surface area is 126 Å². The van der Waals surface area contributed by atoms with Gasteiger partial charge in [0.15, 0.2) is 0 Å². The van der Waals surface area contributed by atoms with Crippen LogP contribution in [0.3, 0.4) is 0 Å². The van der Waals surface area contributed by atoms with Gasteiger partial charge in [-0.05, 0) is 56.8 Å². The molecule has 1 fully saturated rings. The lowest BCUT2D eigenvalue weighted by Gasteiger charge is -2.22. The van der Waals surface area contributed by atoms with Gasteiger partial charge in [-0.2, -0.15) is 0 Å². The Morgan fingerprint density at radius 1 is 1.43 bits per heavy atom. The van der Waals surface area contributed by atoms with Gasteiger partial charge in [0.1, 0.15) is 12.4 Å². The average molecular weight is 294 g/mol. The van der Waals surface area contributed by atoms with Gasteiger partial charge in [0.25, 0.3) is 0 Å². The number of hydrogen-bond acceptors (Lipinski definition) is 4. The molecule has 0 aliphatic carbocycles. The van der Waals surface area contributed by atoms with E-state index < -0.39 is 0 Å². The summed E-state index contributed by atoms with van der Waals surface area (Å²) in [6, 6.07) is 3.74. The van der Waals surface area contributed by atoms with E-state index in [-0.39, 0.29) is 5.91 Å². The summed E-state index contributed by atoms with van der Waals surface area (Å²) >= 11 is 0. The summed E-state index contributed by atoms with van der Waals surface area (Å²) in [6.45, 7) is 4.01. The van der Waals surface area contributed by atoms with Gasteiger partial charge < -0.3 is 19.8 Å². The third kappa shape index (κ3) is 6.78. The van der Waals surface area contributed by atoms with Crippen LogP contribution in [-0.4, -0.2) is 32.1 Å². The molecule has 21 heavy (non-hydrogen) atoms. The monoisotopic (exact) mass is 294 g/mol. The van der Waals surface area contributed by atoms with Gasteiger partial charge >= 0.3 is 0 Å². The number of carbonyl (C=O) groups is 1. The molecule has 0 unspecified atom stereocenters. The summed E-state index contributed by atoms with van der Waals surface area (Å²) in [5, 5.41) is 6.30. The van der Waals surface area contributed by atoms with Crippen LogP contribution in [-0.2, 0) is 16.1 Å². The molecule has 1 aliphatic heterocycles. The van der Waals surface area contributed by atoms with Crippen molar-refractivity contribution in [3.05, 3.63) is 24.2 Å². The minimum Gasteiger partial charge on any atom is -0.467 e. The average Bonchev–Trinajstić information content (AvgIpc) is 3.03.